The molecule has 2 aromatic carbocycles. The highest BCUT2D eigenvalue weighted by Gasteiger charge is 2.14. The fourth-order valence-electron chi connectivity index (χ4n) is 2.63. The maximum Gasteiger partial charge on any atom is 0.240 e. The highest BCUT2D eigenvalue weighted by atomic mass is 127. The molecule has 0 saturated heterocycles. The maximum absolute atomic E-state index is 13.5. The minimum Gasteiger partial charge on any atom is -0.383 e. The number of hydrogen-bond acceptors (Lipinski definition) is 4. The van der Waals surface area contributed by atoms with E-state index in [1.165, 1.54) is 19.2 Å². The first kappa shape index (κ1) is 27.2. The first-order valence-corrected chi connectivity index (χ1v) is 10.7. The molecule has 172 valence electrons. The van der Waals surface area contributed by atoms with Crippen LogP contribution in [0.2, 0.25) is 0 Å². The third kappa shape index (κ3) is 8.31. The lowest BCUT2D eigenvalue weighted by atomic mass is 10.1. The number of halogens is 3. The highest BCUT2D eigenvalue weighted by molar-refractivity contribution is 14.0. The van der Waals surface area contributed by atoms with Crippen molar-refractivity contribution in [1.82, 2.24) is 15.4 Å². The summed E-state index contributed by atoms with van der Waals surface area (Å²) in [6.45, 7) is 2.56. The van der Waals surface area contributed by atoms with E-state index in [1.54, 1.807) is 32.2 Å². The first-order valence-electron chi connectivity index (χ1n) is 9.26. The van der Waals surface area contributed by atoms with Crippen molar-refractivity contribution >= 4 is 40.0 Å². The van der Waals surface area contributed by atoms with Gasteiger partial charge in [-0.15, -0.1) is 24.0 Å². The van der Waals surface area contributed by atoms with Crippen molar-refractivity contribution in [3.8, 4) is 0 Å². The van der Waals surface area contributed by atoms with Crippen LogP contribution in [-0.2, 0) is 21.3 Å². The fraction of sp³-hybridized carbons (Fsp3) is 0.350. The van der Waals surface area contributed by atoms with Gasteiger partial charge in [-0.2, -0.15) is 0 Å². The van der Waals surface area contributed by atoms with Crippen LogP contribution in [0.4, 0.5) is 8.78 Å². The van der Waals surface area contributed by atoms with Crippen molar-refractivity contribution in [2.45, 2.75) is 24.4 Å². The molecule has 1 unspecified atom stereocenters. The predicted octanol–water partition coefficient (Wildman–Crippen LogP) is 2.93. The number of nitrogens with zero attached hydrogens (tertiary/aromatic N) is 1. The molecule has 0 spiro atoms. The molecule has 0 aromatic heterocycles. The quantitative estimate of drug-likeness (QED) is 0.187. The molecule has 0 aliphatic heterocycles. The normalized spacial score (nSPS) is 12.7. The molecular formula is C20H27F2IN4O3S. The molecule has 2 aromatic rings. The Labute approximate surface area is 198 Å². The van der Waals surface area contributed by atoms with Crippen LogP contribution in [0.1, 0.15) is 24.1 Å². The number of nitrogens with one attached hydrogen (secondary N) is 3. The van der Waals surface area contributed by atoms with Crippen LogP contribution in [0.15, 0.2) is 52.4 Å². The number of aliphatic imine (C=N–C) groups is 1. The second-order valence-electron chi connectivity index (χ2n) is 6.50. The lowest BCUT2D eigenvalue weighted by Crippen LogP contribution is -2.38. The molecule has 0 saturated carbocycles. The molecule has 2 rings (SSSR count). The van der Waals surface area contributed by atoms with Crippen LogP contribution in [0.5, 0.6) is 0 Å². The van der Waals surface area contributed by atoms with Gasteiger partial charge in [0.15, 0.2) is 17.6 Å². The van der Waals surface area contributed by atoms with Crippen molar-refractivity contribution in [3.05, 3.63) is 65.2 Å². The van der Waals surface area contributed by atoms with Gasteiger partial charge in [-0.25, -0.2) is 21.9 Å². The zero-order valence-corrected chi connectivity index (χ0v) is 20.6. The number of benzene rings is 2. The maximum atomic E-state index is 13.5. The van der Waals surface area contributed by atoms with Crippen LogP contribution in [0.25, 0.3) is 0 Å². The van der Waals surface area contributed by atoms with Gasteiger partial charge in [-0.05, 0) is 42.3 Å². The molecule has 31 heavy (non-hydrogen) atoms. The van der Waals surface area contributed by atoms with Crippen LogP contribution in [-0.4, -0.2) is 41.7 Å². The van der Waals surface area contributed by atoms with Crippen LogP contribution < -0.4 is 15.4 Å². The molecule has 0 amide bonds. The Balaban J connectivity index is 0.00000480. The topological polar surface area (TPSA) is 91.8 Å². The van der Waals surface area contributed by atoms with Gasteiger partial charge in [0.05, 0.1) is 17.5 Å². The molecule has 11 heteroatoms. The molecule has 3 N–H and O–H groups in total. The summed E-state index contributed by atoms with van der Waals surface area (Å²) in [5, 5.41) is 6.16. The lowest BCUT2D eigenvalue weighted by molar-refractivity contribution is 0.204. The highest BCUT2D eigenvalue weighted by Crippen LogP contribution is 2.16. The smallest absolute Gasteiger partial charge is 0.240 e. The zero-order chi connectivity index (χ0) is 22.1. The van der Waals surface area contributed by atoms with Gasteiger partial charge in [0.2, 0.25) is 10.0 Å². The average molecular weight is 568 g/mol. The summed E-state index contributed by atoms with van der Waals surface area (Å²) in [6.07, 6.45) is 0. The Kier molecular flexibility index (Phi) is 11.3. The molecule has 0 heterocycles. The second-order valence-corrected chi connectivity index (χ2v) is 8.27. The minimum absolute atomic E-state index is 0. The monoisotopic (exact) mass is 568 g/mol. The van der Waals surface area contributed by atoms with Crippen molar-refractivity contribution in [2.75, 3.05) is 27.3 Å². The number of guanidine groups is 1. The van der Waals surface area contributed by atoms with E-state index >= 15 is 0 Å². The van der Waals surface area contributed by atoms with Crippen LogP contribution >= 0.6 is 24.0 Å². The van der Waals surface area contributed by atoms with Crippen molar-refractivity contribution < 1.29 is 21.9 Å². The van der Waals surface area contributed by atoms with E-state index in [2.05, 4.69) is 20.3 Å². The molecular weight excluding hydrogens is 541 g/mol. The third-order valence-corrected chi connectivity index (χ3v) is 5.75. The van der Waals surface area contributed by atoms with Crippen LogP contribution in [0.3, 0.4) is 0 Å². The molecule has 0 aliphatic carbocycles. The Hall–Kier alpha value is -1.83. The van der Waals surface area contributed by atoms with Gasteiger partial charge < -0.3 is 15.4 Å². The second kappa shape index (κ2) is 12.9. The Morgan fingerprint density at radius 1 is 1.16 bits per heavy atom. The lowest BCUT2D eigenvalue weighted by Gasteiger charge is -2.18. The fourth-order valence-corrected chi connectivity index (χ4v) is 3.72. The van der Waals surface area contributed by atoms with Crippen molar-refractivity contribution in [2.24, 2.45) is 4.99 Å². The van der Waals surface area contributed by atoms with E-state index in [4.69, 9.17) is 4.74 Å². The third-order valence-electron chi connectivity index (χ3n) is 4.29. The minimum atomic E-state index is -3.63. The molecule has 0 bridgehead atoms. The van der Waals surface area contributed by atoms with E-state index in [1.807, 2.05) is 0 Å². The predicted molar refractivity (Wildman–Crippen MR) is 127 cm³/mol. The summed E-state index contributed by atoms with van der Waals surface area (Å²) >= 11 is 0. The standard InChI is InChI=1S/C20H26F2N4O3S.HI/c1-14(16-7-8-18(21)19(22)12-16)26-20(23-2)24-13-15-5-4-6-17(11-15)30(27,28)25-9-10-29-3;/h4-8,11-12,14,25H,9-10,13H2,1-3H3,(H2,23,24,26);1H. The molecule has 0 fully saturated rings. The van der Waals surface area contributed by atoms with Gasteiger partial charge in [-0.1, -0.05) is 18.2 Å². The molecule has 1 atom stereocenters. The summed E-state index contributed by atoms with van der Waals surface area (Å²) in [4.78, 5) is 4.26. The largest absolute Gasteiger partial charge is 0.383 e. The molecule has 0 aliphatic rings. The Bertz CT molecular complexity index is 990. The van der Waals surface area contributed by atoms with E-state index < -0.39 is 21.7 Å². The summed E-state index contributed by atoms with van der Waals surface area (Å²) in [5.74, 6) is -1.39. The summed E-state index contributed by atoms with van der Waals surface area (Å²) in [7, 11) is -0.559. The van der Waals surface area contributed by atoms with Gasteiger partial charge in [-0.3, -0.25) is 4.99 Å². The number of hydrogen-bond donors (Lipinski definition) is 3. The van der Waals surface area contributed by atoms with Gasteiger partial charge in [0.1, 0.15) is 0 Å². The van der Waals surface area contributed by atoms with Gasteiger partial charge in [0, 0.05) is 27.2 Å². The summed E-state index contributed by atoms with van der Waals surface area (Å²) < 4.78 is 58.5. The Morgan fingerprint density at radius 2 is 1.90 bits per heavy atom. The summed E-state index contributed by atoms with van der Waals surface area (Å²) in [5.41, 5.74) is 1.29. The van der Waals surface area contributed by atoms with Gasteiger partial charge >= 0.3 is 0 Å². The SMILES string of the molecule is CN=C(NCc1cccc(S(=O)(=O)NCCOC)c1)NC(C)c1ccc(F)c(F)c1.I. The average Bonchev–Trinajstić information content (AvgIpc) is 2.73. The number of sulfonamides is 1. The summed E-state index contributed by atoms with van der Waals surface area (Å²) in [6, 6.07) is 9.88. The molecule has 7 nitrogen and oxygen atoms in total. The zero-order valence-electron chi connectivity index (χ0n) is 17.5. The number of methoxy groups -OCH3 is 1. The van der Waals surface area contributed by atoms with Gasteiger partial charge in [0.25, 0.3) is 0 Å². The van der Waals surface area contributed by atoms with Crippen molar-refractivity contribution in [1.29, 1.82) is 0 Å². The molecule has 0 radical (unpaired) electrons. The number of ether oxygens (including phenoxy) is 1. The number of rotatable bonds is 9. The van der Waals surface area contributed by atoms with E-state index in [9.17, 15) is 17.2 Å². The van der Waals surface area contributed by atoms with E-state index in [0.29, 0.717) is 18.1 Å². The van der Waals surface area contributed by atoms with E-state index in [0.717, 1.165) is 17.7 Å². The van der Waals surface area contributed by atoms with E-state index in [-0.39, 0.29) is 48.1 Å². The van der Waals surface area contributed by atoms with Crippen LogP contribution in [0, 0.1) is 11.6 Å². The Morgan fingerprint density at radius 3 is 2.55 bits per heavy atom. The van der Waals surface area contributed by atoms with Crippen molar-refractivity contribution in [3.63, 3.8) is 0 Å². The first-order chi connectivity index (χ1) is 14.3.